The summed E-state index contributed by atoms with van der Waals surface area (Å²) in [6, 6.07) is 1.07. The standard InChI is InChI=1S/C10H22N2O/c1-4-9(7-11)12(3)10-5-6-13-8(10)2/h8-10H,4-7,11H2,1-3H3. The number of ether oxygens (including phenoxy) is 1. The Bertz CT molecular complexity index is 148. The van der Waals surface area contributed by atoms with Crippen LogP contribution in [0.1, 0.15) is 26.7 Å². The van der Waals surface area contributed by atoms with Crippen LogP contribution in [0, 0.1) is 0 Å². The quantitative estimate of drug-likeness (QED) is 0.707. The van der Waals surface area contributed by atoms with Crippen LogP contribution in [0.25, 0.3) is 0 Å². The second-order valence-corrected chi connectivity index (χ2v) is 3.90. The number of nitrogens with two attached hydrogens (primary N) is 1. The third-order valence-corrected chi connectivity index (χ3v) is 3.18. The number of rotatable bonds is 4. The van der Waals surface area contributed by atoms with E-state index >= 15 is 0 Å². The molecule has 0 spiro atoms. The van der Waals surface area contributed by atoms with E-state index in [1.165, 1.54) is 0 Å². The Hall–Kier alpha value is -0.120. The smallest absolute Gasteiger partial charge is 0.0703 e. The van der Waals surface area contributed by atoms with Gasteiger partial charge in [0.1, 0.15) is 0 Å². The summed E-state index contributed by atoms with van der Waals surface area (Å²) in [5, 5.41) is 0. The van der Waals surface area contributed by atoms with Crippen molar-refractivity contribution in [3.63, 3.8) is 0 Å². The summed E-state index contributed by atoms with van der Waals surface area (Å²) < 4.78 is 5.54. The molecular weight excluding hydrogens is 164 g/mol. The number of nitrogens with zero attached hydrogens (tertiary/aromatic N) is 1. The first kappa shape index (κ1) is 11.0. The van der Waals surface area contributed by atoms with Crippen molar-refractivity contribution in [3.8, 4) is 0 Å². The summed E-state index contributed by atoms with van der Waals surface area (Å²) in [6.07, 6.45) is 2.63. The third-order valence-electron chi connectivity index (χ3n) is 3.18. The fraction of sp³-hybridized carbons (Fsp3) is 1.00. The van der Waals surface area contributed by atoms with E-state index in [4.69, 9.17) is 10.5 Å². The number of hydrogen-bond acceptors (Lipinski definition) is 3. The van der Waals surface area contributed by atoms with E-state index in [2.05, 4.69) is 25.8 Å². The van der Waals surface area contributed by atoms with Crippen molar-refractivity contribution in [1.29, 1.82) is 0 Å². The first-order valence-electron chi connectivity index (χ1n) is 5.24. The molecule has 0 bridgehead atoms. The van der Waals surface area contributed by atoms with Crippen LogP contribution in [-0.2, 0) is 4.74 Å². The average Bonchev–Trinajstić information content (AvgIpc) is 2.53. The fourth-order valence-corrected chi connectivity index (χ4v) is 2.15. The van der Waals surface area contributed by atoms with Gasteiger partial charge in [-0.15, -0.1) is 0 Å². The highest BCUT2D eigenvalue weighted by Gasteiger charge is 2.30. The monoisotopic (exact) mass is 186 g/mol. The molecule has 0 amide bonds. The van der Waals surface area contributed by atoms with Crippen molar-refractivity contribution in [2.24, 2.45) is 5.73 Å². The second kappa shape index (κ2) is 4.94. The molecule has 3 heteroatoms. The van der Waals surface area contributed by atoms with Crippen LogP contribution in [0.4, 0.5) is 0 Å². The van der Waals surface area contributed by atoms with E-state index in [0.717, 1.165) is 26.0 Å². The molecule has 0 aromatic heterocycles. The lowest BCUT2D eigenvalue weighted by atomic mass is 10.1. The van der Waals surface area contributed by atoms with E-state index in [1.54, 1.807) is 0 Å². The normalized spacial score (nSPS) is 31.2. The third kappa shape index (κ3) is 2.42. The Balaban J connectivity index is 2.49. The molecule has 1 rings (SSSR count). The van der Waals surface area contributed by atoms with Crippen molar-refractivity contribution < 1.29 is 4.74 Å². The summed E-state index contributed by atoms with van der Waals surface area (Å²) in [5.41, 5.74) is 5.71. The van der Waals surface area contributed by atoms with Crippen LogP contribution >= 0.6 is 0 Å². The zero-order chi connectivity index (χ0) is 9.84. The van der Waals surface area contributed by atoms with E-state index < -0.39 is 0 Å². The Kier molecular flexibility index (Phi) is 4.16. The Morgan fingerprint density at radius 1 is 1.62 bits per heavy atom. The molecule has 0 aliphatic carbocycles. The van der Waals surface area contributed by atoms with E-state index in [-0.39, 0.29) is 0 Å². The molecule has 0 radical (unpaired) electrons. The first-order valence-corrected chi connectivity index (χ1v) is 5.24. The SMILES string of the molecule is CCC(CN)N(C)C1CCOC1C. The van der Waals surface area contributed by atoms with Crippen LogP contribution in [-0.4, -0.2) is 43.3 Å². The summed E-state index contributed by atoms with van der Waals surface area (Å²) in [4.78, 5) is 2.39. The first-order chi connectivity index (χ1) is 6.20. The molecule has 1 saturated heterocycles. The molecule has 1 heterocycles. The van der Waals surface area contributed by atoms with Gasteiger partial charge >= 0.3 is 0 Å². The van der Waals surface area contributed by atoms with Gasteiger partial charge < -0.3 is 10.5 Å². The Labute approximate surface area is 81.2 Å². The lowest BCUT2D eigenvalue weighted by Crippen LogP contribution is -2.46. The fourth-order valence-electron chi connectivity index (χ4n) is 2.15. The lowest BCUT2D eigenvalue weighted by molar-refractivity contribution is 0.0680. The molecule has 2 N–H and O–H groups in total. The zero-order valence-corrected chi connectivity index (χ0v) is 8.99. The highest BCUT2D eigenvalue weighted by molar-refractivity contribution is 4.84. The van der Waals surface area contributed by atoms with Crippen LogP contribution in [0.15, 0.2) is 0 Å². The molecule has 0 saturated carbocycles. The van der Waals surface area contributed by atoms with Crippen molar-refractivity contribution in [2.75, 3.05) is 20.2 Å². The van der Waals surface area contributed by atoms with Gasteiger partial charge in [0.05, 0.1) is 6.10 Å². The molecule has 1 aliphatic heterocycles. The highest BCUT2D eigenvalue weighted by atomic mass is 16.5. The van der Waals surface area contributed by atoms with Crippen LogP contribution in [0.5, 0.6) is 0 Å². The van der Waals surface area contributed by atoms with Gasteiger partial charge in [0.2, 0.25) is 0 Å². The Morgan fingerprint density at radius 2 is 2.31 bits per heavy atom. The molecule has 1 fully saturated rings. The maximum absolute atomic E-state index is 5.71. The summed E-state index contributed by atoms with van der Waals surface area (Å²) in [7, 11) is 2.16. The van der Waals surface area contributed by atoms with Gasteiger partial charge in [-0.3, -0.25) is 4.90 Å². The van der Waals surface area contributed by atoms with Crippen molar-refractivity contribution in [3.05, 3.63) is 0 Å². The number of hydrogen-bond donors (Lipinski definition) is 1. The minimum Gasteiger partial charge on any atom is -0.377 e. The maximum Gasteiger partial charge on any atom is 0.0703 e. The van der Waals surface area contributed by atoms with Crippen molar-refractivity contribution in [1.82, 2.24) is 4.90 Å². The minimum atomic E-state index is 0.366. The summed E-state index contributed by atoms with van der Waals surface area (Å²) in [6.45, 7) is 5.99. The van der Waals surface area contributed by atoms with Gasteiger partial charge in [-0.1, -0.05) is 6.92 Å². The van der Waals surface area contributed by atoms with E-state index in [1.807, 2.05) is 0 Å². The van der Waals surface area contributed by atoms with Crippen molar-refractivity contribution >= 4 is 0 Å². The van der Waals surface area contributed by atoms with E-state index in [9.17, 15) is 0 Å². The molecular formula is C10H22N2O. The van der Waals surface area contributed by atoms with Crippen LogP contribution in [0.2, 0.25) is 0 Å². The zero-order valence-electron chi connectivity index (χ0n) is 8.99. The molecule has 3 atom stereocenters. The average molecular weight is 186 g/mol. The van der Waals surface area contributed by atoms with Gasteiger partial charge in [0.15, 0.2) is 0 Å². The molecule has 13 heavy (non-hydrogen) atoms. The topological polar surface area (TPSA) is 38.5 Å². The Morgan fingerprint density at radius 3 is 2.69 bits per heavy atom. The second-order valence-electron chi connectivity index (χ2n) is 3.90. The van der Waals surface area contributed by atoms with Crippen molar-refractivity contribution in [2.45, 2.75) is 44.9 Å². The predicted octanol–water partition coefficient (Wildman–Crippen LogP) is 0.833. The van der Waals surface area contributed by atoms with Crippen LogP contribution < -0.4 is 5.73 Å². The molecule has 0 aromatic rings. The molecule has 1 aliphatic rings. The van der Waals surface area contributed by atoms with Gasteiger partial charge in [-0.25, -0.2) is 0 Å². The predicted molar refractivity (Wildman–Crippen MR) is 54.7 cm³/mol. The molecule has 3 unspecified atom stereocenters. The largest absolute Gasteiger partial charge is 0.377 e. The maximum atomic E-state index is 5.71. The van der Waals surface area contributed by atoms with Gasteiger partial charge in [-0.2, -0.15) is 0 Å². The molecule has 78 valence electrons. The van der Waals surface area contributed by atoms with Gasteiger partial charge in [0.25, 0.3) is 0 Å². The van der Waals surface area contributed by atoms with Crippen LogP contribution in [0.3, 0.4) is 0 Å². The highest BCUT2D eigenvalue weighted by Crippen LogP contribution is 2.20. The lowest BCUT2D eigenvalue weighted by Gasteiger charge is -2.33. The number of likely N-dealkylation sites (N-methyl/N-ethyl adjacent to an activating group) is 1. The summed E-state index contributed by atoms with van der Waals surface area (Å²) >= 11 is 0. The molecule has 3 nitrogen and oxygen atoms in total. The molecule has 0 aromatic carbocycles. The van der Waals surface area contributed by atoms with Gasteiger partial charge in [-0.05, 0) is 26.8 Å². The summed E-state index contributed by atoms with van der Waals surface area (Å²) in [5.74, 6) is 0. The van der Waals surface area contributed by atoms with Gasteiger partial charge in [0, 0.05) is 25.2 Å². The van der Waals surface area contributed by atoms with E-state index in [0.29, 0.717) is 18.2 Å². The minimum absolute atomic E-state index is 0.366.